The number of hydrogen-bond acceptors (Lipinski definition) is 0. The highest BCUT2D eigenvalue weighted by Crippen LogP contribution is 2.39. The van der Waals surface area contributed by atoms with Crippen molar-refractivity contribution in [3.8, 4) is 0 Å². The third-order valence-electron chi connectivity index (χ3n) is 1.74. The Kier molecular flexibility index (Phi) is 1.32. The quantitative estimate of drug-likeness (QED) is 0.453. The molecule has 1 rings (SSSR count). The SMILES string of the molecule is C=S1(=C)C=CC(C)=C1C. The molecule has 0 saturated carbocycles. The molecule has 1 heteroatoms. The molecule has 0 amide bonds. The Hall–Kier alpha value is -0.430. The molecule has 1 heterocycles. The average molecular weight is 140 g/mol. The van der Waals surface area contributed by atoms with Crippen LogP contribution in [-0.2, 0) is 0 Å². The molecule has 0 aliphatic carbocycles. The lowest BCUT2D eigenvalue weighted by Gasteiger charge is -2.03. The zero-order valence-electron chi connectivity index (χ0n) is 5.98. The van der Waals surface area contributed by atoms with E-state index in [1.165, 1.54) is 10.5 Å². The molecular formula is C8H12S. The van der Waals surface area contributed by atoms with Crippen LogP contribution in [0.1, 0.15) is 13.8 Å². The molecule has 0 radical (unpaired) electrons. The molecule has 50 valence electrons. The Morgan fingerprint density at radius 2 is 1.89 bits per heavy atom. The van der Waals surface area contributed by atoms with Crippen molar-refractivity contribution in [2.24, 2.45) is 0 Å². The van der Waals surface area contributed by atoms with E-state index in [0.29, 0.717) is 0 Å². The highest BCUT2D eigenvalue weighted by Gasteiger charge is 2.04. The highest BCUT2D eigenvalue weighted by molar-refractivity contribution is 8.33. The molecule has 9 heavy (non-hydrogen) atoms. The van der Waals surface area contributed by atoms with Crippen LogP contribution in [0.4, 0.5) is 0 Å². The van der Waals surface area contributed by atoms with Gasteiger partial charge in [0.05, 0.1) is 0 Å². The molecule has 0 aromatic heterocycles. The summed E-state index contributed by atoms with van der Waals surface area (Å²) in [6.45, 7) is 4.22. The second-order valence-corrected chi connectivity index (χ2v) is 5.26. The summed E-state index contributed by atoms with van der Waals surface area (Å²) in [7, 11) is -0.975. The van der Waals surface area contributed by atoms with Crippen LogP contribution in [-0.4, -0.2) is 11.7 Å². The summed E-state index contributed by atoms with van der Waals surface area (Å²) in [6, 6.07) is 0. The predicted molar refractivity (Wildman–Crippen MR) is 49.3 cm³/mol. The molecule has 0 unspecified atom stereocenters. The molecule has 0 spiro atoms. The van der Waals surface area contributed by atoms with Gasteiger partial charge in [-0.25, -0.2) is 0 Å². The van der Waals surface area contributed by atoms with Gasteiger partial charge < -0.3 is 0 Å². The first-order valence-corrected chi connectivity index (χ1v) is 4.92. The van der Waals surface area contributed by atoms with Gasteiger partial charge in [-0.05, 0) is 29.7 Å². The van der Waals surface area contributed by atoms with Gasteiger partial charge in [0, 0.05) is 0 Å². The standard InChI is InChI=1S/C8H12S/c1-7-5-6-9(3,4)8(7)2/h5-6H,3-4H2,1-2H3. The lowest BCUT2D eigenvalue weighted by molar-refractivity contribution is 1.47. The molecule has 0 saturated heterocycles. The lowest BCUT2D eigenvalue weighted by Crippen LogP contribution is -1.71. The fraction of sp³-hybridized carbons (Fsp3) is 0.250. The van der Waals surface area contributed by atoms with Crippen molar-refractivity contribution in [1.82, 2.24) is 0 Å². The molecule has 0 N–H and O–H groups in total. The van der Waals surface area contributed by atoms with Crippen LogP contribution >= 0.6 is 9.21 Å². The van der Waals surface area contributed by atoms with E-state index < -0.39 is 9.21 Å². The Balaban J connectivity index is 3.34. The van der Waals surface area contributed by atoms with Crippen molar-refractivity contribution >= 4 is 20.9 Å². The summed E-state index contributed by atoms with van der Waals surface area (Å²) < 4.78 is 0. The molecule has 1 aliphatic heterocycles. The molecule has 0 atom stereocenters. The van der Waals surface area contributed by atoms with Crippen LogP contribution in [0.3, 0.4) is 0 Å². The molecule has 0 aromatic rings. The van der Waals surface area contributed by atoms with Crippen LogP contribution in [0, 0.1) is 0 Å². The maximum Gasteiger partial charge on any atom is -0.0231 e. The topological polar surface area (TPSA) is 0 Å². The molecule has 0 fully saturated rings. The Morgan fingerprint density at radius 1 is 1.33 bits per heavy atom. The van der Waals surface area contributed by atoms with Gasteiger partial charge in [-0.15, -0.1) is 0 Å². The highest BCUT2D eigenvalue weighted by atomic mass is 32.2. The lowest BCUT2D eigenvalue weighted by atomic mass is 10.3. The molecule has 0 bridgehead atoms. The van der Waals surface area contributed by atoms with Gasteiger partial charge in [-0.1, -0.05) is 17.8 Å². The van der Waals surface area contributed by atoms with Crippen molar-refractivity contribution in [2.45, 2.75) is 13.8 Å². The molecule has 0 nitrogen and oxygen atoms in total. The summed E-state index contributed by atoms with van der Waals surface area (Å²) in [5, 5.41) is 2.12. The van der Waals surface area contributed by atoms with Gasteiger partial charge in [-0.2, -0.15) is 9.21 Å². The first-order valence-electron chi connectivity index (χ1n) is 2.89. The fourth-order valence-electron chi connectivity index (χ4n) is 0.772. The maximum absolute atomic E-state index is 4.03. The largest absolute Gasteiger partial charge is 0.171 e. The first kappa shape index (κ1) is 6.69. The van der Waals surface area contributed by atoms with E-state index in [1.807, 2.05) is 0 Å². The van der Waals surface area contributed by atoms with Crippen LogP contribution in [0.5, 0.6) is 0 Å². The molecule has 0 aromatic carbocycles. The third kappa shape index (κ3) is 0.969. The number of hydrogen-bond donors (Lipinski definition) is 0. The van der Waals surface area contributed by atoms with Crippen LogP contribution in [0.25, 0.3) is 0 Å². The Bertz CT molecular complexity index is 274. The van der Waals surface area contributed by atoms with Crippen LogP contribution in [0.2, 0.25) is 0 Å². The first-order chi connectivity index (χ1) is 4.04. The smallest absolute Gasteiger partial charge is 0.0231 e. The summed E-state index contributed by atoms with van der Waals surface area (Å²) in [5.41, 5.74) is 1.34. The minimum absolute atomic E-state index is 0.975. The van der Waals surface area contributed by atoms with Gasteiger partial charge >= 0.3 is 0 Å². The second kappa shape index (κ2) is 1.77. The summed E-state index contributed by atoms with van der Waals surface area (Å²) in [5.74, 6) is 8.06. The van der Waals surface area contributed by atoms with Crippen molar-refractivity contribution in [1.29, 1.82) is 0 Å². The minimum atomic E-state index is -0.975. The van der Waals surface area contributed by atoms with Crippen molar-refractivity contribution in [3.63, 3.8) is 0 Å². The van der Waals surface area contributed by atoms with E-state index in [0.717, 1.165) is 0 Å². The Morgan fingerprint density at radius 3 is 2.00 bits per heavy atom. The van der Waals surface area contributed by atoms with Gasteiger partial charge in [0.2, 0.25) is 0 Å². The maximum atomic E-state index is 4.03. The normalized spacial score (nSPS) is 23.3. The number of allylic oxidation sites excluding steroid dienone is 3. The van der Waals surface area contributed by atoms with Gasteiger partial charge in [0.15, 0.2) is 0 Å². The fourth-order valence-corrected chi connectivity index (χ4v) is 2.15. The monoisotopic (exact) mass is 140 g/mol. The third-order valence-corrected chi connectivity index (χ3v) is 3.94. The van der Waals surface area contributed by atoms with Crippen molar-refractivity contribution in [3.05, 3.63) is 22.0 Å². The summed E-state index contributed by atoms with van der Waals surface area (Å²) >= 11 is 0. The van der Waals surface area contributed by atoms with Gasteiger partial charge in [-0.3, -0.25) is 0 Å². The zero-order chi connectivity index (χ0) is 7.07. The van der Waals surface area contributed by atoms with Crippen LogP contribution in [0.15, 0.2) is 22.0 Å². The summed E-state index contributed by atoms with van der Waals surface area (Å²) in [6.07, 6.45) is 2.12. The summed E-state index contributed by atoms with van der Waals surface area (Å²) in [4.78, 5) is 1.36. The predicted octanol–water partition coefficient (Wildman–Crippen LogP) is 2.48. The second-order valence-electron chi connectivity index (χ2n) is 2.49. The zero-order valence-corrected chi connectivity index (χ0v) is 6.79. The minimum Gasteiger partial charge on any atom is -0.171 e. The van der Waals surface area contributed by atoms with Crippen LogP contribution < -0.4 is 0 Å². The van der Waals surface area contributed by atoms with E-state index in [2.05, 4.69) is 37.1 Å². The van der Waals surface area contributed by atoms with Gasteiger partial charge in [0.25, 0.3) is 0 Å². The van der Waals surface area contributed by atoms with E-state index in [4.69, 9.17) is 0 Å². The van der Waals surface area contributed by atoms with Crippen molar-refractivity contribution in [2.75, 3.05) is 0 Å². The van der Waals surface area contributed by atoms with Gasteiger partial charge in [0.1, 0.15) is 0 Å². The van der Waals surface area contributed by atoms with E-state index in [9.17, 15) is 0 Å². The molecule has 1 aliphatic rings. The average Bonchev–Trinajstić information content (AvgIpc) is 1.97. The number of rotatable bonds is 0. The van der Waals surface area contributed by atoms with E-state index in [1.54, 1.807) is 0 Å². The van der Waals surface area contributed by atoms with E-state index in [-0.39, 0.29) is 0 Å². The molecular weight excluding hydrogens is 128 g/mol. The van der Waals surface area contributed by atoms with Crippen molar-refractivity contribution < 1.29 is 0 Å². The Labute approximate surface area is 57.4 Å². The van der Waals surface area contributed by atoms with E-state index >= 15 is 0 Å².